The van der Waals surface area contributed by atoms with Crippen molar-refractivity contribution in [2.75, 3.05) is 30.9 Å². The number of benzene rings is 1. The third-order valence-corrected chi connectivity index (χ3v) is 3.21. The van der Waals surface area contributed by atoms with Crippen LogP contribution in [-0.4, -0.2) is 42.4 Å². The molecule has 0 fully saturated rings. The van der Waals surface area contributed by atoms with Gasteiger partial charge in [-0.05, 0) is 38.5 Å². The van der Waals surface area contributed by atoms with Gasteiger partial charge in [0.15, 0.2) is 5.58 Å². The second kappa shape index (κ2) is 6.23. The minimum absolute atomic E-state index is 0.0193. The lowest BCUT2D eigenvalue weighted by Gasteiger charge is -2.25. The number of anilines is 2. The number of rotatable bonds is 5. The number of amides is 2. The quantitative estimate of drug-likeness (QED) is 0.787. The number of nitrogens with one attached hydrogen (secondary N) is 2. The van der Waals surface area contributed by atoms with Crippen molar-refractivity contribution in [2.24, 2.45) is 0 Å². The van der Waals surface area contributed by atoms with Crippen molar-refractivity contribution in [3.63, 3.8) is 0 Å². The minimum Gasteiger partial charge on any atom is -0.423 e. The van der Waals surface area contributed by atoms with Crippen LogP contribution in [0.4, 0.5) is 16.5 Å². The van der Waals surface area contributed by atoms with E-state index in [4.69, 9.17) is 9.52 Å². The van der Waals surface area contributed by atoms with E-state index in [-0.39, 0.29) is 12.6 Å². The van der Waals surface area contributed by atoms with Crippen LogP contribution in [0.5, 0.6) is 0 Å². The molecule has 0 saturated carbocycles. The summed E-state index contributed by atoms with van der Waals surface area (Å²) >= 11 is 0. The Bertz CT molecular complexity index is 664. The first-order valence-electron chi connectivity index (χ1n) is 7.09. The number of aliphatic hydroxyl groups is 1. The fraction of sp³-hybridized carbons (Fsp3) is 0.467. The van der Waals surface area contributed by atoms with Gasteiger partial charge in [0.2, 0.25) is 0 Å². The van der Waals surface area contributed by atoms with E-state index in [0.29, 0.717) is 29.2 Å². The Kier molecular flexibility index (Phi) is 4.56. The largest absolute Gasteiger partial charge is 0.423 e. The first-order chi connectivity index (χ1) is 10.3. The number of aromatic nitrogens is 1. The Morgan fingerprint density at radius 1 is 1.41 bits per heavy atom. The minimum atomic E-state index is -0.477. The predicted molar refractivity (Wildman–Crippen MR) is 86.3 cm³/mol. The van der Waals surface area contributed by atoms with Crippen molar-refractivity contribution in [2.45, 2.75) is 25.8 Å². The maximum absolute atomic E-state index is 12.0. The predicted octanol–water partition coefficient (Wildman–Crippen LogP) is 2.18. The Morgan fingerprint density at radius 3 is 2.77 bits per heavy atom. The second-order valence-corrected chi connectivity index (χ2v) is 6.01. The van der Waals surface area contributed by atoms with E-state index in [2.05, 4.69) is 15.6 Å². The van der Waals surface area contributed by atoms with Gasteiger partial charge in [-0.15, -0.1) is 0 Å². The van der Waals surface area contributed by atoms with E-state index < -0.39 is 5.54 Å². The highest BCUT2D eigenvalue weighted by molar-refractivity contribution is 5.92. The number of carbonyl (C=O) groups is 1. The molecule has 0 saturated heterocycles. The number of urea groups is 1. The number of oxazole rings is 1. The van der Waals surface area contributed by atoms with Gasteiger partial charge in [-0.25, -0.2) is 4.79 Å². The molecule has 2 rings (SSSR count). The van der Waals surface area contributed by atoms with Crippen LogP contribution in [0.3, 0.4) is 0 Å². The van der Waals surface area contributed by atoms with Gasteiger partial charge < -0.3 is 25.1 Å². The summed E-state index contributed by atoms with van der Waals surface area (Å²) < 4.78 is 5.56. The van der Waals surface area contributed by atoms with Gasteiger partial charge in [0.05, 0.1) is 0 Å². The molecule has 0 aliphatic carbocycles. The van der Waals surface area contributed by atoms with Crippen molar-refractivity contribution < 1.29 is 14.3 Å². The van der Waals surface area contributed by atoms with E-state index in [1.807, 2.05) is 27.9 Å². The average Bonchev–Trinajstić information content (AvgIpc) is 2.80. The van der Waals surface area contributed by atoms with Crippen molar-refractivity contribution in [3.8, 4) is 0 Å². The van der Waals surface area contributed by atoms with Crippen molar-refractivity contribution in [1.82, 2.24) is 10.3 Å². The summed E-state index contributed by atoms with van der Waals surface area (Å²) in [6.45, 7) is 3.73. The van der Waals surface area contributed by atoms with Gasteiger partial charge in [0.25, 0.3) is 6.01 Å². The topological polar surface area (TPSA) is 90.6 Å². The third kappa shape index (κ3) is 3.88. The zero-order chi connectivity index (χ0) is 16.3. The van der Waals surface area contributed by atoms with Gasteiger partial charge in [0, 0.05) is 31.9 Å². The Morgan fingerprint density at radius 2 is 2.14 bits per heavy atom. The summed E-state index contributed by atoms with van der Waals surface area (Å²) in [5.74, 6) is 0. The smallest absolute Gasteiger partial charge is 0.319 e. The molecule has 120 valence electrons. The maximum atomic E-state index is 12.0. The highest BCUT2D eigenvalue weighted by atomic mass is 16.4. The zero-order valence-electron chi connectivity index (χ0n) is 13.3. The van der Waals surface area contributed by atoms with Crippen LogP contribution >= 0.6 is 0 Å². The third-order valence-electron chi connectivity index (χ3n) is 3.21. The maximum Gasteiger partial charge on any atom is 0.319 e. The molecule has 0 unspecified atom stereocenters. The first-order valence-corrected chi connectivity index (χ1v) is 7.09. The fourth-order valence-corrected chi connectivity index (χ4v) is 2.00. The van der Waals surface area contributed by atoms with Crippen LogP contribution in [0, 0.1) is 0 Å². The first kappa shape index (κ1) is 16.1. The monoisotopic (exact) mass is 306 g/mol. The molecule has 2 amide bonds. The van der Waals surface area contributed by atoms with E-state index in [0.717, 1.165) is 0 Å². The molecule has 0 radical (unpaired) electrons. The molecule has 0 aliphatic rings. The summed E-state index contributed by atoms with van der Waals surface area (Å²) in [6, 6.07) is 5.47. The standard InChI is InChI=1S/C15H22N4O3/c1-15(2,7-8-20)18-13(21)16-10-5-6-12-11(9-10)17-14(22-12)19(3)4/h5-6,9,20H,7-8H2,1-4H3,(H2,16,18,21). The molecule has 0 bridgehead atoms. The molecule has 1 aromatic heterocycles. The van der Waals surface area contributed by atoms with Gasteiger partial charge in [-0.2, -0.15) is 4.98 Å². The van der Waals surface area contributed by atoms with Gasteiger partial charge in [-0.1, -0.05) is 0 Å². The van der Waals surface area contributed by atoms with Gasteiger partial charge >= 0.3 is 6.03 Å². The summed E-state index contributed by atoms with van der Waals surface area (Å²) in [5, 5.41) is 14.6. The number of hydrogen-bond donors (Lipinski definition) is 3. The lowest BCUT2D eigenvalue weighted by Crippen LogP contribution is -2.46. The Balaban J connectivity index is 2.09. The lowest BCUT2D eigenvalue weighted by atomic mass is 10.0. The van der Waals surface area contributed by atoms with E-state index in [1.54, 1.807) is 23.1 Å². The number of fused-ring (bicyclic) bond motifs is 1. The number of aliphatic hydroxyl groups excluding tert-OH is 1. The molecule has 7 nitrogen and oxygen atoms in total. The number of nitrogens with zero attached hydrogens (tertiary/aromatic N) is 2. The highest BCUT2D eigenvalue weighted by Crippen LogP contribution is 2.23. The number of hydrogen-bond acceptors (Lipinski definition) is 5. The highest BCUT2D eigenvalue weighted by Gasteiger charge is 2.19. The van der Waals surface area contributed by atoms with Crippen LogP contribution < -0.4 is 15.5 Å². The molecular weight excluding hydrogens is 284 g/mol. The molecule has 0 spiro atoms. The van der Waals surface area contributed by atoms with Crippen LogP contribution in [0.2, 0.25) is 0 Å². The average molecular weight is 306 g/mol. The van der Waals surface area contributed by atoms with Crippen LogP contribution in [0.15, 0.2) is 22.6 Å². The molecule has 0 atom stereocenters. The molecule has 22 heavy (non-hydrogen) atoms. The zero-order valence-corrected chi connectivity index (χ0v) is 13.3. The van der Waals surface area contributed by atoms with Crippen molar-refractivity contribution in [1.29, 1.82) is 0 Å². The Hall–Kier alpha value is -2.28. The van der Waals surface area contributed by atoms with E-state index >= 15 is 0 Å². The second-order valence-electron chi connectivity index (χ2n) is 6.01. The van der Waals surface area contributed by atoms with Crippen molar-refractivity contribution >= 4 is 28.8 Å². The molecule has 3 N–H and O–H groups in total. The molecule has 2 aromatic rings. The summed E-state index contributed by atoms with van der Waals surface area (Å²) in [4.78, 5) is 18.1. The van der Waals surface area contributed by atoms with E-state index in [1.165, 1.54) is 0 Å². The normalized spacial score (nSPS) is 11.5. The molecule has 1 aromatic carbocycles. The van der Waals surface area contributed by atoms with E-state index in [9.17, 15) is 4.79 Å². The van der Waals surface area contributed by atoms with Gasteiger partial charge in [0.1, 0.15) is 5.52 Å². The number of carbonyl (C=O) groups excluding carboxylic acids is 1. The van der Waals surface area contributed by atoms with Crippen molar-refractivity contribution in [3.05, 3.63) is 18.2 Å². The molecule has 7 heteroatoms. The SMILES string of the molecule is CN(C)c1nc2cc(NC(=O)NC(C)(C)CCO)ccc2o1. The van der Waals surface area contributed by atoms with Gasteiger partial charge in [-0.3, -0.25) is 0 Å². The molecular formula is C15H22N4O3. The molecule has 0 aliphatic heterocycles. The molecule has 1 heterocycles. The fourth-order valence-electron chi connectivity index (χ4n) is 2.00. The summed E-state index contributed by atoms with van der Waals surface area (Å²) in [5.41, 5.74) is 1.49. The van der Waals surface area contributed by atoms with Crippen LogP contribution in [0.25, 0.3) is 11.1 Å². The summed E-state index contributed by atoms with van der Waals surface area (Å²) in [7, 11) is 3.70. The lowest BCUT2D eigenvalue weighted by molar-refractivity contribution is 0.218. The van der Waals surface area contributed by atoms with Crippen LogP contribution in [0.1, 0.15) is 20.3 Å². The summed E-state index contributed by atoms with van der Waals surface area (Å²) in [6.07, 6.45) is 0.481. The van der Waals surface area contributed by atoms with Crippen LogP contribution in [-0.2, 0) is 0 Å². The Labute approximate surface area is 129 Å².